The molecule has 0 saturated carbocycles. The van der Waals surface area contributed by atoms with Crippen LogP contribution in [0.15, 0.2) is 65.1 Å². The van der Waals surface area contributed by atoms with Crippen LogP contribution in [0.2, 0.25) is 0 Å². The van der Waals surface area contributed by atoms with Crippen LogP contribution in [0.3, 0.4) is 0 Å². The largest absolute Gasteiger partial charge is 0.497 e. The number of para-hydroxylation sites is 1. The quantitative estimate of drug-likeness (QED) is 0.636. The van der Waals surface area contributed by atoms with E-state index in [4.69, 9.17) is 9.15 Å². The molecule has 1 heterocycles. The van der Waals surface area contributed by atoms with Crippen molar-refractivity contribution in [3.8, 4) is 5.75 Å². The number of methoxy groups -OCH3 is 1. The normalized spacial score (nSPS) is 12.4. The number of fused-ring (bicyclic) bond motifs is 1. The molecular weight excluding hydrogens is 314 g/mol. The Labute approximate surface area is 147 Å². The molecule has 1 amide bonds. The highest BCUT2D eigenvalue weighted by atomic mass is 16.5. The molecule has 25 heavy (non-hydrogen) atoms. The van der Waals surface area contributed by atoms with Gasteiger partial charge >= 0.3 is 0 Å². The van der Waals surface area contributed by atoms with Crippen molar-refractivity contribution in [2.24, 2.45) is 0 Å². The minimum absolute atomic E-state index is 0.0872. The third-order valence-electron chi connectivity index (χ3n) is 4.30. The zero-order chi connectivity index (χ0) is 17.8. The van der Waals surface area contributed by atoms with Gasteiger partial charge in [0.25, 0.3) is 0 Å². The van der Waals surface area contributed by atoms with Gasteiger partial charge < -0.3 is 14.1 Å². The lowest BCUT2D eigenvalue weighted by Crippen LogP contribution is -2.27. The number of furan rings is 1. The van der Waals surface area contributed by atoms with Crippen LogP contribution in [0.25, 0.3) is 17.0 Å². The third kappa shape index (κ3) is 3.74. The van der Waals surface area contributed by atoms with Crippen molar-refractivity contribution >= 4 is 23.0 Å². The monoisotopic (exact) mass is 335 g/mol. The van der Waals surface area contributed by atoms with Crippen LogP contribution in [0.5, 0.6) is 5.75 Å². The zero-order valence-electron chi connectivity index (χ0n) is 14.6. The summed E-state index contributed by atoms with van der Waals surface area (Å²) in [5.74, 6) is 1.45. The highest BCUT2D eigenvalue weighted by Crippen LogP contribution is 2.26. The van der Waals surface area contributed by atoms with Gasteiger partial charge in [-0.05, 0) is 42.8 Å². The Morgan fingerprint density at radius 3 is 2.72 bits per heavy atom. The summed E-state index contributed by atoms with van der Waals surface area (Å²) in [6, 6.07) is 17.2. The number of carbonyl (C=O) groups is 1. The van der Waals surface area contributed by atoms with Crippen LogP contribution in [-0.4, -0.2) is 25.0 Å². The molecule has 0 bridgehead atoms. The molecular formula is C21H21NO3. The van der Waals surface area contributed by atoms with Gasteiger partial charge in [-0.2, -0.15) is 0 Å². The van der Waals surface area contributed by atoms with Crippen molar-refractivity contribution in [2.45, 2.75) is 13.0 Å². The predicted molar refractivity (Wildman–Crippen MR) is 99.4 cm³/mol. The minimum atomic E-state index is -0.158. The van der Waals surface area contributed by atoms with E-state index in [1.807, 2.05) is 61.5 Å². The van der Waals surface area contributed by atoms with Gasteiger partial charge in [0.2, 0.25) is 5.91 Å². The van der Waals surface area contributed by atoms with E-state index >= 15 is 0 Å². The van der Waals surface area contributed by atoms with Crippen LogP contribution in [0, 0.1) is 0 Å². The van der Waals surface area contributed by atoms with E-state index in [1.165, 1.54) is 0 Å². The molecule has 0 aliphatic carbocycles. The van der Waals surface area contributed by atoms with Crippen molar-refractivity contribution in [3.63, 3.8) is 0 Å². The van der Waals surface area contributed by atoms with Gasteiger partial charge in [-0.1, -0.05) is 30.3 Å². The molecule has 0 aliphatic rings. The molecule has 0 N–H and O–H groups in total. The standard InChI is InChI=1S/C21H21NO3/c1-15(20-14-17-8-4-5-10-19(17)25-20)22(2)21(23)12-11-16-7-6-9-18(13-16)24-3/h4-15H,1-3H3/b12-11+/t15-/m0/s1. The summed E-state index contributed by atoms with van der Waals surface area (Å²) in [6.07, 6.45) is 3.35. The molecule has 1 aromatic heterocycles. The fraction of sp³-hybridized carbons (Fsp3) is 0.190. The van der Waals surface area contributed by atoms with Gasteiger partial charge in [0.05, 0.1) is 13.2 Å². The lowest BCUT2D eigenvalue weighted by atomic mass is 10.1. The summed E-state index contributed by atoms with van der Waals surface area (Å²) in [5, 5.41) is 1.04. The number of rotatable bonds is 5. The molecule has 128 valence electrons. The molecule has 0 unspecified atom stereocenters. The molecule has 0 spiro atoms. The molecule has 0 radical (unpaired) electrons. The topological polar surface area (TPSA) is 42.7 Å². The number of carbonyl (C=O) groups excluding carboxylic acids is 1. The Kier molecular flexibility index (Phi) is 4.89. The van der Waals surface area contributed by atoms with Crippen molar-refractivity contribution in [3.05, 3.63) is 72.0 Å². The summed E-state index contributed by atoms with van der Waals surface area (Å²) in [6.45, 7) is 1.95. The van der Waals surface area contributed by atoms with Gasteiger partial charge in [0.1, 0.15) is 17.1 Å². The van der Waals surface area contributed by atoms with Gasteiger partial charge in [0, 0.05) is 18.5 Å². The van der Waals surface area contributed by atoms with Crippen molar-refractivity contribution in [2.75, 3.05) is 14.2 Å². The molecule has 0 fully saturated rings. The van der Waals surface area contributed by atoms with Crippen molar-refractivity contribution < 1.29 is 13.9 Å². The Morgan fingerprint density at radius 1 is 1.16 bits per heavy atom. The molecule has 2 aromatic carbocycles. The lowest BCUT2D eigenvalue weighted by Gasteiger charge is -2.21. The summed E-state index contributed by atoms with van der Waals surface area (Å²) < 4.78 is 11.1. The van der Waals surface area contributed by atoms with Gasteiger partial charge in [-0.3, -0.25) is 4.79 Å². The van der Waals surface area contributed by atoms with E-state index in [0.29, 0.717) is 0 Å². The average Bonchev–Trinajstić information content (AvgIpc) is 3.09. The summed E-state index contributed by atoms with van der Waals surface area (Å²) >= 11 is 0. The van der Waals surface area contributed by atoms with Gasteiger partial charge in [-0.15, -0.1) is 0 Å². The zero-order valence-corrected chi connectivity index (χ0v) is 14.6. The summed E-state index contributed by atoms with van der Waals surface area (Å²) in [7, 11) is 3.40. The summed E-state index contributed by atoms with van der Waals surface area (Å²) in [4.78, 5) is 14.1. The molecule has 3 rings (SSSR count). The van der Waals surface area contributed by atoms with Crippen LogP contribution >= 0.6 is 0 Å². The molecule has 4 heteroatoms. The Hall–Kier alpha value is -3.01. The lowest BCUT2D eigenvalue weighted by molar-refractivity contribution is -0.126. The number of hydrogen-bond donors (Lipinski definition) is 0. The van der Waals surface area contributed by atoms with E-state index < -0.39 is 0 Å². The first-order chi connectivity index (χ1) is 12.1. The first-order valence-corrected chi connectivity index (χ1v) is 8.16. The van der Waals surface area contributed by atoms with Crippen LogP contribution in [-0.2, 0) is 4.79 Å². The predicted octanol–water partition coefficient (Wildman–Crippen LogP) is 4.67. The van der Waals surface area contributed by atoms with E-state index in [2.05, 4.69) is 0 Å². The van der Waals surface area contributed by atoms with E-state index in [0.717, 1.165) is 28.0 Å². The maximum Gasteiger partial charge on any atom is 0.246 e. The average molecular weight is 335 g/mol. The fourth-order valence-corrected chi connectivity index (χ4v) is 2.62. The fourth-order valence-electron chi connectivity index (χ4n) is 2.62. The van der Waals surface area contributed by atoms with Gasteiger partial charge in [0.15, 0.2) is 0 Å². The maximum absolute atomic E-state index is 12.5. The van der Waals surface area contributed by atoms with E-state index in [-0.39, 0.29) is 11.9 Å². The molecule has 0 saturated heterocycles. The highest BCUT2D eigenvalue weighted by Gasteiger charge is 2.19. The second-order valence-corrected chi connectivity index (χ2v) is 5.92. The number of hydrogen-bond acceptors (Lipinski definition) is 3. The Balaban J connectivity index is 1.73. The van der Waals surface area contributed by atoms with Gasteiger partial charge in [-0.25, -0.2) is 0 Å². The SMILES string of the molecule is COc1cccc(/C=C/C(=O)N(C)[C@@H](C)c2cc3ccccc3o2)c1. The molecule has 0 aliphatic heterocycles. The molecule has 1 atom stereocenters. The molecule has 4 nitrogen and oxygen atoms in total. The number of amides is 1. The van der Waals surface area contributed by atoms with Crippen LogP contribution < -0.4 is 4.74 Å². The number of nitrogens with zero attached hydrogens (tertiary/aromatic N) is 1. The Morgan fingerprint density at radius 2 is 1.96 bits per heavy atom. The first kappa shape index (κ1) is 16.8. The number of ether oxygens (including phenoxy) is 1. The van der Waals surface area contributed by atoms with E-state index in [9.17, 15) is 4.79 Å². The third-order valence-corrected chi connectivity index (χ3v) is 4.30. The molecule has 3 aromatic rings. The first-order valence-electron chi connectivity index (χ1n) is 8.16. The van der Waals surface area contributed by atoms with Crippen molar-refractivity contribution in [1.29, 1.82) is 0 Å². The number of benzene rings is 2. The summed E-state index contributed by atoms with van der Waals surface area (Å²) in [5.41, 5.74) is 1.75. The maximum atomic E-state index is 12.5. The second kappa shape index (κ2) is 7.26. The van der Waals surface area contributed by atoms with Crippen LogP contribution in [0.4, 0.5) is 0 Å². The smallest absolute Gasteiger partial charge is 0.246 e. The Bertz CT molecular complexity index is 877. The minimum Gasteiger partial charge on any atom is -0.497 e. The second-order valence-electron chi connectivity index (χ2n) is 5.92. The van der Waals surface area contributed by atoms with E-state index in [1.54, 1.807) is 31.2 Å². The van der Waals surface area contributed by atoms with Crippen LogP contribution in [0.1, 0.15) is 24.3 Å². The van der Waals surface area contributed by atoms with Crippen molar-refractivity contribution in [1.82, 2.24) is 4.90 Å². The highest BCUT2D eigenvalue weighted by molar-refractivity contribution is 5.92. The number of likely N-dealkylation sites (N-methyl/N-ethyl adjacent to an activating group) is 1.